The fraction of sp³-hybridized carbons (Fsp3) is 0.240. The van der Waals surface area contributed by atoms with Crippen LogP contribution in [-0.2, 0) is 0 Å². The summed E-state index contributed by atoms with van der Waals surface area (Å²) >= 11 is 0. The third kappa shape index (κ3) is 4.01. The first-order chi connectivity index (χ1) is 16.1. The lowest BCUT2D eigenvalue weighted by atomic mass is 9.82. The summed E-state index contributed by atoms with van der Waals surface area (Å²) in [5, 5.41) is 27.8. The van der Waals surface area contributed by atoms with Gasteiger partial charge in [-0.15, -0.1) is 0 Å². The van der Waals surface area contributed by atoms with Gasteiger partial charge < -0.3 is 5.32 Å². The molecule has 1 aliphatic rings. The lowest BCUT2D eigenvalue weighted by Gasteiger charge is -2.29. The molecule has 4 aromatic rings. The minimum atomic E-state index is -0.179. The van der Waals surface area contributed by atoms with Crippen molar-refractivity contribution < 1.29 is 4.79 Å². The van der Waals surface area contributed by atoms with Gasteiger partial charge in [0.05, 0.1) is 28.9 Å². The molecule has 0 radical (unpaired) electrons. The number of hydrogen-bond acceptors (Lipinski definition) is 5. The highest BCUT2D eigenvalue weighted by Gasteiger charge is 2.26. The number of carbonyl (C=O) groups excluding carboxylic acids is 1. The summed E-state index contributed by atoms with van der Waals surface area (Å²) in [6.45, 7) is 0. The summed E-state index contributed by atoms with van der Waals surface area (Å²) in [4.78, 5) is 24.9. The number of nitrogens with one attached hydrogen (secondary N) is 3. The molecule has 0 unspecified atom stereocenters. The van der Waals surface area contributed by atoms with E-state index in [1.807, 2.05) is 24.3 Å². The number of H-pyrrole nitrogens is 2. The van der Waals surface area contributed by atoms with Crippen LogP contribution in [0.25, 0.3) is 21.9 Å². The highest BCUT2D eigenvalue weighted by Crippen LogP contribution is 2.34. The van der Waals surface area contributed by atoms with Crippen LogP contribution in [0.5, 0.6) is 0 Å². The molecule has 5 rings (SSSR count). The van der Waals surface area contributed by atoms with Gasteiger partial charge in [-0.2, -0.15) is 15.5 Å². The summed E-state index contributed by atoms with van der Waals surface area (Å²) in [7, 11) is 0. The van der Waals surface area contributed by atoms with E-state index in [-0.39, 0.29) is 23.4 Å². The van der Waals surface area contributed by atoms with Crippen LogP contribution in [0.3, 0.4) is 0 Å². The quantitative estimate of drug-likeness (QED) is 0.448. The Morgan fingerprint density at radius 3 is 2.61 bits per heavy atom. The van der Waals surface area contributed by atoms with E-state index in [0.717, 1.165) is 47.9 Å². The van der Waals surface area contributed by atoms with Crippen LogP contribution in [0.2, 0.25) is 0 Å². The summed E-state index contributed by atoms with van der Waals surface area (Å²) in [5.74, 6) is 0.0562. The Labute approximate surface area is 189 Å². The first kappa shape index (κ1) is 20.6. The predicted octanol–water partition coefficient (Wildman–Crippen LogP) is 3.64. The fourth-order valence-electron chi connectivity index (χ4n) is 4.65. The zero-order valence-electron chi connectivity index (χ0n) is 17.8. The number of benzene rings is 2. The molecule has 1 aliphatic carbocycles. The van der Waals surface area contributed by atoms with Gasteiger partial charge in [-0.1, -0.05) is 24.3 Å². The van der Waals surface area contributed by atoms with Crippen LogP contribution in [0, 0.1) is 11.3 Å². The maximum absolute atomic E-state index is 12.9. The lowest BCUT2D eigenvalue weighted by molar-refractivity contribution is 0.0925. The van der Waals surface area contributed by atoms with E-state index >= 15 is 0 Å². The molecule has 0 aliphatic heterocycles. The minimum absolute atomic E-state index is 0.0573. The Kier molecular flexibility index (Phi) is 5.45. The normalized spacial score (nSPS) is 18.0. The second-order valence-electron chi connectivity index (χ2n) is 8.36. The number of aromatic amines is 2. The number of amides is 1. The van der Waals surface area contributed by atoms with Crippen molar-refractivity contribution in [2.75, 3.05) is 0 Å². The van der Waals surface area contributed by atoms with Crippen LogP contribution < -0.4 is 10.9 Å². The van der Waals surface area contributed by atoms with Crippen molar-refractivity contribution in [3.8, 4) is 17.2 Å². The SMILES string of the molecule is N#Cc1cc(C(=O)NC2CCC(c3n[nH]c(=O)c4ccccc34)CC2)ccc1-c1cn[nH]c1. The largest absolute Gasteiger partial charge is 0.349 e. The van der Waals surface area contributed by atoms with Gasteiger partial charge in [-0.25, -0.2) is 5.10 Å². The van der Waals surface area contributed by atoms with Gasteiger partial charge in [0.1, 0.15) is 0 Å². The van der Waals surface area contributed by atoms with Gasteiger partial charge in [-0.3, -0.25) is 14.7 Å². The van der Waals surface area contributed by atoms with Crippen molar-refractivity contribution in [1.82, 2.24) is 25.7 Å². The fourth-order valence-corrected chi connectivity index (χ4v) is 4.65. The standard InChI is InChI=1S/C25H22N6O2/c26-12-17-11-16(7-10-20(17)18-13-27-28-14-18)24(32)29-19-8-5-15(6-9-19)23-21-3-1-2-4-22(21)25(33)31-30-23/h1-4,7,10-11,13-15,19H,5-6,8-9H2,(H,27,28)(H,29,32)(H,31,33). The number of hydrogen-bond donors (Lipinski definition) is 3. The molecule has 3 N–H and O–H groups in total. The van der Waals surface area contributed by atoms with Gasteiger partial charge in [0.2, 0.25) is 0 Å². The molecule has 2 aromatic heterocycles. The van der Waals surface area contributed by atoms with Crippen molar-refractivity contribution in [3.05, 3.63) is 82.0 Å². The number of nitrogens with zero attached hydrogens (tertiary/aromatic N) is 3. The average Bonchev–Trinajstić information content (AvgIpc) is 3.39. The van der Waals surface area contributed by atoms with Gasteiger partial charge in [-0.05, 0) is 43.9 Å². The number of fused-ring (bicyclic) bond motifs is 1. The monoisotopic (exact) mass is 438 g/mol. The molecule has 1 saturated carbocycles. The van der Waals surface area contributed by atoms with Gasteiger partial charge in [0.25, 0.3) is 11.5 Å². The lowest BCUT2D eigenvalue weighted by Crippen LogP contribution is -2.37. The van der Waals surface area contributed by atoms with Crippen molar-refractivity contribution in [2.24, 2.45) is 0 Å². The van der Waals surface area contributed by atoms with E-state index < -0.39 is 0 Å². The molecule has 1 amide bonds. The summed E-state index contributed by atoms with van der Waals surface area (Å²) in [6, 6.07) is 14.9. The van der Waals surface area contributed by atoms with E-state index in [4.69, 9.17) is 0 Å². The number of rotatable bonds is 4. The van der Waals surface area contributed by atoms with E-state index in [1.165, 1.54) is 0 Å². The zero-order chi connectivity index (χ0) is 22.8. The average molecular weight is 438 g/mol. The first-order valence-corrected chi connectivity index (χ1v) is 11.0. The van der Waals surface area contributed by atoms with Crippen LogP contribution in [-0.4, -0.2) is 32.3 Å². The molecular formula is C25H22N6O2. The number of aromatic nitrogens is 4. The maximum Gasteiger partial charge on any atom is 0.272 e. The van der Waals surface area contributed by atoms with Crippen LogP contribution in [0.1, 0.15) is 53.2 Å². The Hall–Kier alpha value is -4.25. The van der Waals surface area contributed by atoms with Crippen molar-refractivity contribution >= 4 is 16.7 Å². The van der Waals surface area contributed by atoms with Crippen LogP contribution in [0.4, 0.5) is 0 Å². The highest BCUT2D eigenvalue weighted by atomic mass is 16.1. The molecule has 33 heavy (non-hydrogen) atoms. The molecule has 0 spiro atoms. The van der Waals surface area contributed by atoms with Crippen LogP contribution in [0.15, 0.2) is 59.7 Å². The Bertz CT molecular complexity index is 1410. The Morgan fingerprint density at radius 1 is 1.09 bits per heavy atom. The Morgan fingerprint density at radius 2 is 1.88 bits per heavy atom. The van der Waals surface area contributed by atoms with E-state index in [0.29, 0.717) is 16.5 Å². The molecule has 0 bridgehead atoms. The van der Waals surface area contributed by atoms with Crippen molar-refractivity contribution in [3.63, 3.8) is 0 Å². The highest BCUT2D eigenvalue weighted by molar-refractivity contribution is 5.95. The molecule has 2 heterocycles. The molecule has 0 saturated heterocycles. The molecular weight excluding hydrogens is 416 g/mol. The molecule has 8 nitrogen and oxygen atoms in total. The Balaban J connectivity index is 1.27. The molecule has 164 valence electrons. The van der Waals surface area contributed by atoms with E-state index in [1.54, 1.807) is 30.6 Å². The number of nitriles is 1. The smallest absolute Gasteiger partial charge is 0.272 e. The van der Waals surface area contributed by atoms with Gasteiger partial charge in [0, 0.05) is 40.2 Å². The van der Waals surface area contributed by atoms with Crippen LogP contribution >= 0.6 is 0 Å². The molecule has 1 fully saturated rings. The maximum atomic E-state index is 12.9. The summed E-state index contributed by atoms with van der Waals surface area (Å²) < 4.78 is 0. The predicted molar refractivity (Wildman–Crippen MR) is 124 cm³/mol. The molecule has 0 atom stereocenters. The molecule has 2 aromatic carbocycles. The number of carbonyl (C=O) groups is 1. The second-order valence-corrected chi connectivity index (χ2v) is 8.36. The molecule has 8 heteroatoms. The first-order valence-electron chi connectivity index (χ1n) is 11.0. The van der Waals surface area contributed by atoms with E-state index in [2.05, 4.69) is 31.8 Å². The summed E-state index contributed by atoms with van der Waals surface area (Å²) in [6.07, 6.45) is 6.75. The second kappa shape index (κ2) is 8.71. The zero-order valence-corrected chi connectivity index (χ0v) is 17.8. The van der Waals surface area contributed by atoms with Gasteiger partial charge in [0.15, 0.2) is 0 Å². The van der Waals surface area contributed by atoms with Gasteiger partial charge >= 0.3 is 0 Å². The minimum Gasteiger partial charge on any atom is -0.349 e. The topological polar surface area (TPSA) is 127 Å². The third-order valence-corrected chi connectivity index (χ3v) is 6.39. The van der Waals surface area contributed by atoms with Crippen molar-refractivity contribution in [2.45, 2.75) is 37.6 Å². The summed E-state index contributed by atoms with van der Waals surface area (Å²) in [5.41, 5.74) is 3.19. The third-order valence-electron chi connectivity index (χ3n) is 6.39. The van der Waals surface area contributed by atoms with E-state index in [9.17, 15) is 14.9 Å². The van der Waals surface area contributed by atoms with Crippen molar-refractivity contribution in [1.29, 1.82) is 5.26 Å².